The minimum atomic E-state index is 0.0452. The topological polar surface area (TPSA) is 29.5 Å². The van der Waals surface area contributed by atoms with Gasteiger partial charge < -0.3 is 9.84 Å². The van der Waals surface area contributed by atoms with E-state index in [9.17, 15) is 5.11 Å². The van der Waals surface area contributed by atoms with E-state index in [-0.39, 0.29) is 6.61 Å². The number of methoxy groups -OCH3 is 1. The van der Waals surface area contributed by atoms with E-state index in [4.69, 9.17) is 4.74 Å². The second-order valence-electron chi connectivity index (χ2n) is 7.51. The van der Waals surface area contributed by atoms with Crippen LogP contribution in [0.5, 0.6) is 5.75 Å². The minimum Gasteiger partial charge on any atom is -0.496 e. The van der Waals surface area contributed by atoms with Gasteiger partial charge in [-0.1, -0.05) is 115 Å². The molecule has 32 heavy (non-hydrogen) atoms. The molecule has 0 aromatic heterocycles. The summed E-state index contributed by atoms with van der Waals surface area (Å²) in [4.78, 5) is 0. The fourth-order valence-electron chi connectivity index (χ4n) is 3.59. The van der Waals surface area contributed by atoms with Crippen LogP contribution in [0, 0.1) is 0 Å². The molecule has 0 atom stereocenters. The summed E-state index contributed by atoms with van der Waals surface area (Å²) in [6.07, 6.45) is 8.29. The quantitative estimate of drug-likeness (QED) is 0.322. The fourth-order valence-corrected chi connectivity index (χ4v) is 3.59. The summed E-state index contributed by atoms with van der Waals surface area (Å²) >= 11 is 0. The highest BCUT2D eigenvalue weighted by Gasteiger charge is 2.00. The van der Waals surface area contributed by atoms with Gasteiger partial charge in [0.15, 0.2) is 0 Å². The van der Waals surface area contributed by atoms with Gasteiger partial charge in [0.2, 0.25) is 0 Å². The maximum absolute atomic E-state index is 9.47. The van der Waals surface area contributed by atoms with Gasteiger partial charge in [-0.2, -0.15) is 0 Å². The molecule has 0 fully saturated rings. The summed E-state index contributed by atoms with van der Waals surface area (Å²) in [5.74, 6) is 0.870. The second kappa shape index (κ2) is 10.4. The second-order valence-corrected chi connectivity index (χ2v) is 7.51. The Kier molecular flexibility index (Phi) is 6.96. The van der Waals surface area contributed by atoms with Crippen molar-refractivity contribution in [3.05, 3.63) is 125 Å². The number of hydrogen-bond donors (Lipinski definition) is 1. The van der Waals surface area contributed by atoms with Crippen LogP contribution < -0.4 is 4.74 Å². The summed E-state index contributed by atoms with van der Waals surface area (Å²) in [6, 6.07) is 32.9. The summed E-state index contributed by atoms with van der Waals surface area (Å²) in [7, 11) is 1.69. The lowest BCUT2D eigenvalue weighted by molar-refractivity contribution is 0.281. The van der Waals surface area contributed by atoms with Crippen LogP contribution in [0.1, 0.15) is 27.8 Å². The molecule has 0 radical (unpaired) electrons. The molecule has 0 aliphatic rings. The van der Waals surface area contributed by atoms with E-state index in [2.05, 4.69) is 66.8 Å². The van der Waals surface area contributed by atoms with Crippen molar-refractivity contribution < 1.29 is 9.84 Å². The van der Waals surface area contributed by atoms with Crippen molar-refractivity contribution in [1.82, 2.24) is 0 Å². The van der Waals surface area contributed by atoms with Crippen LogP contribution in [-0.2, 0) is 6.61 Å². The molecule has 2 nitrogen and oxygen atoms in total. The smallest absolute Gasteiger partial charge is 0.126 e. The Labute approximate surface area is 189 Å². The van der Waals surface area contributed by atoms with Gasteiger partial charge in [-0.05, 0) is 39.4 Å². The van der Waals surface area contributed by atoms with Crippen molar-refractivity contribution in [1.29, 1.82) is 0 Å². The molecular weight excluding hydrogens is 392 g/mol. The van der Waals surface area contributed by atoms with Crippen molar-refractivity contribution in [2.24, 2.45) is 0 Å². The van der Waals surface area contributed by atoms with Crippen LogP contribution in [-0.4, -0.2) is 12.2 Å². The van der Waals surface area contributed by atoms with E-state index in [1.54, 1.807) is 7.11 Å². The first kappa shape index (κ1) is 21.4. The molecule has 0 spiro atoms. The zero-order valence-corrected chi connectivity index (χ0v) is 18.1. The number of benzene rings is 4. The Hall–Kier alpha value is -3.88. The standard InChI is InChI=1S/C30H26O2/c1-32-30-9-5-4-7-28(30)21-15-24-13-19-27(20-14-24)26-17-11-23(12-18-26)10-16-25-6-2-3-8-29(25)22-31/h2-21,31H,22H2,1H3/b16-10+,21-15+. The van der Waals surface area contributed by atoms with Crippen LogP contribution in [0.3, 0.4) is 0 Å². The van der Waals surface area contributed by atoms with Crippen LogP contribution in [0.2, 0.25) is 0 Å². The summed E-state index contributed by atoms with van der Waals surface area (Å²) in [6.45, 7) is 0.0452. The first-order chi connectivity index (χ1) is 15.8. The predicted molar refractivity (Wildman–Crippen MR) is 135 cm³/mol. The molecule has 2 heteroatoms. The van der Waals surface area contributed by atoms with Gasteiger partial charge in [-0.25, -0.2) is 0 Å². The lowest BCUT2D eigenvalue weighted by Crippen LogP contribution is -1.86. The third-order valence-electron chi connectivity index (χ3n) is 5.43. The Bertz CT molecular complexity index is 1120. The van der Waals surface area contributed by atoms with Gasteiger partial charge in [-0.15, -0.1) is 0 Å². The number of hydrogen-bond acceptors (Lipinski definition) is 2. The van der Waals surface area contributed by atoms with Gasteiger partial charge >= 0.3 is 0 Å². The van der Waals surface area contributed by atoms with E-state index in [0.29, 0.717) is 0 Å². The molecular formula is C30H26O2. The molecule has 158 valence electrons. The van der Waals surface area contributed by atoms with Gasteiger partial charge in [0.1, 0.15) is 5.75 Å². The molecule has 0 heterocycles. The van der Waals surface area contributed by atoms with E-state index in [0.717, 1.165) is 33.6 Å². The summed E-state index contributed by atoms with van der Waals surface area (Å²) in [5.41, 5.74) is 7.65. The maximum Gasteiger partial charge on any atom is 0.126 e. The zero-order chi connectivity index (χ0) is 22.2. The van der Waals surface area contributed by atoms with Gasteiger partial charge in [0.25, 0.3) is 0 Å². The van der Waals surface area contributed by atoms with Crippen molar-refractivity contribution in [3.63, 3.8) is 0 Å². The van der Waals surface area contributed by atoms with E-state index < -0.39 is 0 Å². The first-order valence-corrected chi connectivity index (χ1v) is 10.7. The molecule has 4 aromatic rings. The van der Waals surface area contributed by atoms with Crippen molar-refractivity contribution in [2.45, 2.75) is 6.61 Å². The highest BCUT2D eigenvalue weighted by Crippen LogP contribution is 2.23. The van der Waals surface area contributed by atoms with Crippen LogP contribution in [0.15, 0.2) is 97.1 Å². The maximum atomic E-state index is 9.47. The van der Waals surface area contributed by atoms with Gasteiger partial charge in [-0.3, -0.25) is 0 Å². The zero-order valence-electron chi connectivity index (χ0n) is 18.1. The van der Waals surface area contributed by atoms with Gasteiger partial charge in [0, 0.05) is 5.56 Å². The fraction of sp³-hybridized carbons (Fsp3) is 0.0667. The molecule has 0 amide bonds. The van der Waals surface area contributed by atoms with E-state index >= 15 is 0 Å². The molecule has 0 aliphatic carbocycles. The number of ether oxygens (including phenoxy) is 1. The minimum absolute atomic E-state index is 0.0452. The van der Waals surface area contributed by atoms with Crippen LogP contribution in [0.4, 0.5) is 0 Å². The van der Waals surface area contributed by atoms with Crippen LogP contribution in [0.25, 0.3) is 35.4 Å². The molecule has 0 saturated heterocycles. The van der Waals surface area contributed by atoms with E-state index in [1.165, 1.54) is 11.1 Å². The highest BCUT2D eigenvalue weighted by molar-refractivity contribution is 5.75. The molecule has 0 unspecified atom stereocenters. The van der Waals surface area contributed by atoms with Gasteiger partial charge in [0.05, 0.1) is 13.7 Å². The average molecular weight is 419 g/mol. The molecule has 0 saturated carbocycles. The Morgan fingerprint density at radius 2 is 1.09 bits per heavy atom. The normalized spacial score (nSPS) is 11.3. The third kappa shape index (κ3) is 5.23. The molecule has 4 aromatic carbocycles. The van der Waals surface area contributed by atoms with Crippen molar-refractivity contribution >= 4 is 24.3 Å². The number of aliphatic hydroxyl groups excluding tert-OH is 1. The summed E-state index contributed by atoms with van der Waals surface area (Å²) < 4.78 is 5.41. The number of para-hydroxylation sites is 1. The molecule has 0 bridgehead atoms. The number of aliphatic hydroxyl groups is 1. The average Bonchev–Trinajstić information content (AvgIpc) is 2.87. The van der Waals surface area contributed by atoms with Crippen molar-refractivity contribution in [3.8, 4) is 16.9 Å². The lowest BCUT2D eigenvalue weighted by atomic mass is 10.0. The number of rotatable bonds is 7. The van der Waals surface area contributed by atoms with Crippen molar-refractivity contribution in [2.75, 3.05) is 7.11 Å². The SMILES string of the molecule is COc1ccccc1/C=C/c1ccc(-c2ccc(/C=C/c3ccccc3CO)cc2)cc1. The Balaban J connectivity index is 1.45. The summed E-state index contributed by atoms with van der Waals surface area (Å²) in [5, 5.41) is 9.47. The lowest BCUT2D eigenvalue weighted by Gasteiger charge is -2.05. The molecule has 1 N–H and O–H groups in total. The highest BCUT2D eigenvalue weighted by atomic mass is 16.5. The molecule has 0 aliphatic heterocycles. The van der Waals surface area contributed by atoms with E-state index in [1.807, 2.05) is 54.6 Å². The predicted octanol–water partition coefficient (Wildman–Crippen LogP) is 7.20. The van der Waals surface area contributed by atoms with Crippen LogP contribution >= 0.6 is 0 Å². The Morgan fingerprint density at radius 3 is 1.66 bits per heavy atom. The third-order valence-corrected chi connectivity index (χ3v) is 5.43. The Morgan fingerprint density at radius 1 is 0.594 bits per heavy atom. The largest absolute Gasteiger partial charge is 0.496 e. The molecule has 4 rings (SSSR count). The first-order valence-electron chi connectivity index (χ1n) is 10.7. The monoisotopic (exact) mass is 418 g/mol.